The van der Waals surface area contributed by atoms with Crippen LogP contribution in [-0.4, -0.2) is 0 Å². The van der Waals surface area contributed by atoms with Crippen molar-refractivity contribution in [3.05, 3.63) is 200 Å². The van der Waals surface area contributed by atoms with E-state index in [1.165, 1.54) is 37.9 Å². The van der Waals surface area contributed by atoms with Crippen LogP contribution < -0.4 is 4.90 Å². The van der Waals surface area contributed by atoms with E-state index in [1.807, 2.05) is 12.1 Å². The van der Waals surface area contributed by atoms with Crippen molar-refractivity contribution in [2.24, 2.45) is 0 Å². The van der Waals surface area contributed by atoms with E-state index in [0.717, 1.165) is 66.5 Å². The fraction of sp³-hybridized carbons (Fsp3) is 0. The van der Waals surface area contributed by atoms with Gasteiger partial charge in [0.2, 0.25) is 0 Å². The number of benzene rings is 10. The molecular weight excluding hydrogens is 655 g/mol. The lowest BCUT2D eigenvalue weighted by atomic mass is 9.94. The van der Waals surface area contributed by atoms with E-state index in [1.54, 1.807) is 0 Å². The summed E-state index contributed by atoms with van der Waals surface area (Å²) in [5, 5.41) is 11.8. The highest BCUT2D eigenvalue weighted by molar-refractivity contribution is 6.15. The van der Waals surface area contributed by atoms with Crippen LogP contribution in [0.5, 0.6) is 0 Å². The summed E-state index contributed by atoms with van der Waals surface area (Å²) in [6.07, 6.45) is 0. The number of rotatable bonds is 5. The Morgan fingerprint density at radius 3 is 1.52 bits per heavy atom. The first-order valence-electron chi connectivity index (χ1n) is 18.5. The molecule has 1 heterocycles. The number of fused-ring (bicyclic) bond motifs is 8. The van der Waals surface area contributed by atoms with Gasteiger partial charge in [-0.3, -0.25) is 0 Å². The summed E-state index contributed by atoms with van der Waals surface area (Å²) >= 11 is 0. The summed E-state index contributed by atoms with van der Waals surface area (Å²) in [5.74, 6) is 0. The lowest BCUT2D eigenvalue weighted by Crippen LogP contribution is -2.11. The SMILES string of the molecule is c1ccc2cc(-c3cc(-c4ccc5c(ccc6c7ccccc7oc56)c4)cc(N(c4cccc5ccccc45)c4cccc5ccccc45)c3)ccc2c1. The van der Waals surface area contributed by atoms with Gasteiger partial charge in [-0.25, -0.2) is 0 Å². The number of hydrogen-bond donors (Lipinski definition) is 0. The van der Waals surface area contributed by atoms with Gasteiger partial charge >= 0.3 is 0 Å². The normalized spacial score (nSPS) is 11.7. The highest BCUT2D eigenvalue weighted by Gasteiger charge is 2.20. The molecule has 1 aromatic heterocycles. The minimum atomic E-state index is 0.916. The Hall–Kier alpha value is -7.16. The molecule has 0 saturated heterocycles. The fourth-order valence-corrected chi connectivity index (χ4v) is 8.35. The van der Waals surface area contributed by atoms with Gasteiger partial charge < -0.3 is 9.32 Å². The second-order valence-electron chi connectivity index (χ2n) is 14.1. The molecule has 0 atom stereocenters. The summed E-state index contributed by atoms with van der Waals surface area (Å²) in [6, 6.07) is 72.6. The van der Waals surface area contributed by atoms with Crippen LogP contribution in [0.2, 0.25) is 0 Å². The van der Waals surface area contributed by atoms with Crippen LogP contribution in [0.15, 0.2) is 205 Å². The molecule has 0 bridgehead atoms. The molecule has 0 unspecified atom stereocenters. The van der Waals surface area contributed by atoms with Crippen LogP contribution in [0.3, 0.4) is 0 Å². The molecule has 0 spiro atoms. The maximum absolute atomic E-state index is 6.44. The first-order valence-corrected chi connectivity index (χ1v) is 18.5. The Bertz CT molecular complexity index is 3150. The molecule has 0 aliphatic rings. The molecule has 0 saturated carbocycles. The molecular formula is C52H33NO. The van der Waals surface area contributed by atoms with Gasteiger partial charge in [0, 0.05) is 32.6 Å². The quantitative estimate of drug-likeness (QED) is 0.179. The molecule has 0 aliphatic carbocycles. The van der Waals surface area contributed by atoms with Crippen molar-refractivity contribution in [2.45, 2.75) is 0 Å². The molecule has 0 radical (unpaired) electrons. The van der Waals surface area contributed by atoms with Crippen molar-refractivity contribution in [1.29, 1.82) is 0 Å². The van der Waals surface area contributed by atoms with Crippen molar-refractivity contribution < 1.29 is 4.42 Å². The molecule has 0 aliphatic heterocycles. The van der Waals surface area contributed by atoms with Crippen LogP contribution in [0.4, 0.5) is 17.1 Å². The number of hydrogen-bond acceptors (Lipinski definition) is 2. The van der Waals surface area contributed by atoms with Crippen molar-refractivity contribution in [3.63, 3.8) is 0 Å². The lowest BCUT2D eigenvalue weighted by molar-refractivity contribution is 0.672. The summed E-state index contributed by atoms with van der Waals surface area (Å²) < 4.78 is 6.44. The van der Waals surface area contributed by atoms with Crippen molar-refractivity contribution in [2.75, 3.05) is 4.90 Å². The second-order valence-corrected chi connectivity index (χ2v) is 14.1. The molecule has 10 aromatic carbocycles. The smallest absolute Gasteiger partial charge is 0.143 e. The molecule has 0 fully saturated rings. The van der Waals surface area contributed by atoms with E-state index in [9.17, 15) is 0 Å². The summed E-state index contributed by atoms with van der Waals surface area (Å²) in [7, 11) is 0. The third kappa shape index (κ3) is 4.96. The van der Waals surface area contributed by atoms with E-state index in [4.69, 9.17) is 4.42 Å². The third-order valence-corrected chi connectivity index (χ3v) is 11.0. The Labute approximate surface area is 312 Å². The highest BCUT2D eigenvalue weighted by atomic mass is 16.3. The van der Waals surface area contributed by atoms with Gasteiger partial charge in [0.1, 0.15) is 11.2 Å². The number of furan rings is 1. The maximum Gasteiger partial charge on any atom is 0.143 e. The average molecular weight is 688 g/mol. The van der Waals surface area contributed by atoms with Gasteiger partial charge in [-0.15, -0.1) is 0 Å². The number of anilines is 3. The van der Waals surface area contributed by atoms with E-state index < -0.39 is 0 Å². The van der Waals surface area contributed by atoms with Crippen LogP contribution in [0, 0.1) is 0 Å². The fourth-order valence-electron chi connectivity index (χ4n) is 8.35. The van der Waals surface area contributed by atoms with Crippen LogP contribution in [-0.2, 0) is 0 Å². The van der Waals surface area contributed by atoms with Gasteiger partial charge in [0.15, 0.2) is 0 Å². The van der Waals surface area contributed by atoms with Gasteiger partial charge in [-0.1, -0.05) is 140 Å². The zero-order chi connectivity index (χ0) is 35.6. The topological polar surface area (TPSA) is 16.4 Å². The molecule has 0 N–H and O–H groups in total. The monoisotopic (exact) mass is 687 g/mol. The van der Waals surface area contributed by atoms with Crippen molar-refractivity contribution >= 4 is 82.1 Å². The zero-order valence-corrected chi connectivity index (χ0v) is 29.4. The number of nitrogens with zero attached hydrogens (tertiary/aromatic N) is 1. The lowest BCUT2D eigenvalue weighted by Gasteiger charge is -2.29. The van der Waals surface area contributed by atoms with Gasteiger partial charge in [-0.05, 0) is 110 Å². The summed E-state index contributed by atoms with van der Waals surface area (Å²) in [6.45, 7) is 0. The minimum Gasteiger partial charge on any atom is -0.455 e. The van der Waals surface area contributed by atoms with Crippen LogP contribution in [0.25, 0.3) is 87.3 Å². The van der Waals surface area contributed by atoms with Crippen LogP contribution >= 0.6 is 0 Å². The molecule has 11 rings (SSSR count). The van der Waals surface area contributed by atoms with E-state index in [0.29, 0.717) is 0 Å². The summed E-state index contributed by atoms with van der Waals surface area (Å²) in [5.41, 5.74) is 9.85. The standard InChI is InChI=1S/C52H33NO/c1-2-14-37-29-38(24-23-34(37)11-1)41-31-42(39-25-27-46-40(30-39)26-28-48-47-19-7-8-22-51(47)54-52(46)48)33-43(32-41)53(49-20-9-15-35-12-3-5-17-44(35)49)50-21-10-16-36-13-4-6-18-45(36)50/h1-33H. The van der Waals surface area contributed by atoms with Crippen molar-refractivity contribution in [3.8, 4) is 22.3 Å². The number of para-hydroxylation sites is 1. The average Bonchev–Trinajstić information content (AvgIpc) is 3.63. The minimum absolute atomic E-state index is 0.916. The Kier molecular flexibility index (Phi) is 6.90. The van der Waals surface area contributed by atoms with Gasteiger partial charge in [0.05, 0.1) is 11.4 Å². The molecule has 0 amide bonds. The van der Waals surface area contributed by atoms with Gasteiger partial charge in [-0.2, -0.15) is 0 Å². The largest absolute Gasteiger partial charge is 0.455 e. The highest BCUT2D eigenvalue weighted by Crippen LogP contribution is 2.45. The van der Waals surface area contributed by atoms with E-state index >= 15 is 0 Å². The maximum atomic E-state index is 6.44. The second kappa shape index (κ2) is 12.2. The Morgan fingerprint density at radius 2 is 0.815 bits per heavy atom. The molecule has 54 heavy (non-hydrogen) atoms. The van der Waals surface area contributed by atoms with Crippen LogP contribution in [0.1, 0.15) is 0 Å². The molecule has 2 heteroatoms. The predicted octanol–water partition coefficient (Wildman–Crippen LogP) is 15.0. The third-order valence-electron chi connectivity index (χ3n) is 11.0. The van der Waals surface area contributed by atoms with Gasteiger partial charge in [0.25, 0.3) is 0 Å². The van der Waals surface area contributed by atoms with E-state index in [-0.39, 0.29) is 0 Å². The van der Waals surface area contributed by atoms with Crippen molar-refractivity contribution in [1.82, 2.24) is 0 Å². The first-order chi connectivity index (χ1) is 26.7. The molecule has 11 aromatic rings. The van der Waals surface area contributed by atoms with E-state index in [2.05, 4.69) is 193 Å². The summed E-state index contributed by atoms with van der Waals surface area (Å²) in [4.78, 5) is 2.46. The molecule has 252 valence electrons. The Morgan fingerprint density at radius 1 is 0.296 bits per heavy atom. The zero-order valence-electron chi connectivity index (χ0n) is 29.4. The predicted molar refractivity (Wildman–Crippen MR) is 229 cm³/mol. The molecule has 2 nitrogen and oxygen atoms in total. The first kappa shape index (κ1) is 30.5. The Balaban J connectivity index is 1.18.